The van der Waals surface area contributed by atoms with E-state index in [-0.39, 0.29) is 54.6 Å². The molecule has 48 valence electrons. The van der Waals surface area contributed by atoms with Crippen LogP contribution in [0.3, 0.4) is 0 Å². The summed E-state index contributed by atoms with van der Waals surface area (Å²) in [4.78, 5) is 0. The topological polar surface area (TPSA) is 0 Å². The minimum Gasteiger partial charge on any atom is -1.00 e. The average Bonchev–Trinajstić information content (AvgIpc) is 1.50. The van der Waals surface area contributed by atoms with Crippen LogP contribution in [0, 0.1) is 0 Å². The van der Waals surface area contributed by atoms with Gasteiger partial charge in [-0.3, -0.25) is 0 Å². The normalized spacial score (nSPS) is 1.00. The summed E-state index contributed by atoms with van der Waals surface area (Å²) in [5.41, 5.74) is 0. The number of hydrogen-bond acceptors (Lipinski definition) is 0. The van der Waals surface area contributed by atoms with Crippen LogP contribution in [0.1, 0.15) is 0 Å². The van der Waals surface area contributed by atoms with Gasteiger partial charge in [0.1, 0.15) is 0 Å². The van der Waals surface area contributed by atoms with Crippen LogP contribution in [-0.2, 0) is 0 Å². The van der Waals surface area contributed by atoms with Gasteiger partial charge in [-0.05, 0) is 0 Å². The second-order valence-corrected chi connectivity index (χ2v) is 0. The van der Waals surface area contributed by atoms with Crippen molar-refractivity contribution in [1.29, 1.82) is 0 Å². The van der Waals surface area contributed by atoms with Gasteiger partial charge in [0.05, 0.1) is 0 Å². The second-order valence-electron chi connectivity index (χ2n) is 0. The van der Waals surface area contributed by atoms with E-state index in [0.29, 0.717) is 0 Å². The molecular formula is C4H8AlCl3. The fourth-order valence-electron chi connectivity index (χ4n) is 0. The van der Waals surface area contributed by atoms with Crippen LogP contribution >= 0.6 is 0 Å². The van der Waals surface area contributed by atoms with Gasteiger partial charge in [0.2, 0.25) is 0 Å². The van der Waals surface area contributed by atoms with Gasteiger partial charge in [-0.2, -0.15) is 0 Å². The van der Waals surface area contributed by atoms with Crippen LogP contribution in [0.25, 0.3) is 0 Å². The Hall–Kier alpha value is 0.882. The molecule has 0 N–H and O–H groups in total. The molecule has 0 amide bonds. The maximum Gasteiger partial charge on any atom is 3.00 e. The Bertz CT molecular complexity index is 13.2. The maximum absolute atomic E-state index is 3.00. The SMILES string of the molecule is C=C.C=C.[Al+3].[Cl-].[Cl-].[Cl-]. The first-order valence-electron chi connectivity index (χ1n) is 1.000. The van der Waals surface area contributed by atoms with Crippen LogP contribution in [-0.4, -0.2) is 17.4 Å². The van der Waals surface area contributed by atoms with Crippen LogP contribution in [0.15, 0.2) is 26.3 Å². The summed E-state index contributed by atoms with van der Waals surface area (Å²) in [6.45, 7) is 12.0. The Morgan fingerprint density at radius 3 is 0.500 bits per heavy atom. The van der Waals surface area contributed by atoms with Crippen molar-refractivity contribution < 1.29 is 37.2 Å². The zero-order valence-corrected chi connectivity index (χ0v) is 7.96. The monoisotopic (exact) mass is 188 g/mol. The standard InChI is InChI=1S/2C2H4.Al.3ClH/c2*1-2;;;;/h2*1-2H2;;3*1H/q;;+3;;;/p-3. The van der Waals surface area contributed by atoms with E-state index in [9.17, 15) is 0 Å². The average molecular weight is 189 g/mol. The number of hydrogen-bond donors (Lipinski definition) is 0. The molecular weight excluding hydrogens is 181 g/mol. The molecule has 8 heavy (non-hydrogen) atoms. The molecule has 0 aromatic heterocycles. The Morgan fingerprint density at radius 2 is 0.500 bits per heavy atom. The van der Waals surface area contributed by atoms with Crippen molar-refractivity contribution in [2.45, 2.75) is 0 Å². The summed E-state index contributed by atoms with van der Waals surface area (Å²) >= 11 is 0. The van der Waals surface area contributed by atoms with E-state index in [1.165, 1.54) is 0 Å². The first kappa shape index (κ1) is 66.4. The summed E-state index contributed by atoms with van der Waals surface area (Å²) in [5.74, 6) is 0. The zero-order valence-electron chi connectivity index (χ0n) is 4.54. The molecule has 0 bridgehead atoms. The third kappa shape index (κ3) is 306. The minimum atomic E-state index is 0. The fraction of sp³-hybridized carbons (Fsp3) is 0. The van der Waals surface area contributed by atoms with E-state index in [1.807, 2.05) is 0 Å². The third-order valence-electron chi connectivity index (χ3n) is 0. The van der Waals surface area contributed by atoms with Crippen molar-refractivity contribution in [3.63, 3.8) is 0 Å². The van der Waals surface area contributed by atoms with Crippen LogP contribution in [0.4, 0.5) is 0 Å². The molecule has 0 atom stereocenters. The molecule has 0 aromatic rings. The van der Waals surface area contributed by atoms with E-state index >= 15 is 0 Å². The predicted molar refractivity (Wildman–Crippen MR) is 28.3 cm³/mol. The predicted octanol–water partition coefficient (Wildman–Crippen LogP) is -7.76. The third-order valence-corrected chi connectivity index (χ3v) is 0. The molecule has 0 unspecified atom stereocenters. The van der Waals surface area contributed by atoms with Crippen LogP contribution in [0.5, 0.6) is 0 Å². The molecule has 0 nitrogen and oxygen atoms in total. The molecule has 0 heterocycles. The van der Waals surface area contributed by atoms with Gasteiger partial charge in [0.15, 0.2) is 0 Å². The number of halogens is 3. The summed E-state index contributed by atoms with van der Waals surface area (Å²) < 4.78 is 0. The van der Waals surface area contributed by atoms with Crippen molar-refractivity contribution >= 4 is 17.4 Å². The van der Waals surface area contributed by atoms with E-state index in [0.717, 1.165) is 0 Å². The molecule has 0 saturated carbocycles. The Morgan fingerprint density at radius 1 is 0.500 bits per heavy atom. The quantitative estimate of drug-likeness (QED) is 0.262. The van der Waals surface area contributed by atoms with E-state index in [1.54, 1.807) is 0 Å². The summed E-state index contributed by atoms with van der Waals surface area (Å²) in [5, 5.41) is 0. The van der Waals surface area contributed by atoms with Gasteiger partial charge in [-0.15, -0.1) is 26.3 Å². The minimum absolute atomic E-state index is 0. The smallest absolute Gasteiger partial charge is 1.00 e. The van der Waals surface area contributed by atoms with Crippen LogP contribution < -0.4 is 37.2 Å². The molecule has 0 spiro atoms. The molecule has 0 aliphatic heterocycles. The van der Waals surface area contributed by atoms with E-state index in [2.05, 4.69) is 26.3 Å². The summed E-state index contributed by atoms with van der Waals surface area (Å²) in [6, 6.07) is 0. The van der Waals surface area contributed by atoms with Gasteiger partial charge in [-0.1, -0.05) is 0 Å². The van der Waals surface area contributed by atoms with Gasteiger partial charge < -0.3 is 37.2 Å². The van der Waals surface area contributed by atoms with Crippen molar-refractivity contribution in [2.75, 3.05) is 0 Å². The molecule has 0 fully saturated rings. The maximum atomic E-state index is 3.00. The van der Waals surface area contributed by atoms with Crippen LogP contribution in [0.2, 0.25) is 0 Å². The van der Waals surface area contributed by atoms with E-state index < -0.39 is 0 Å². The van der Waals surface area contributed by atoms with Gasteiger partial charge in [0, 0.05) is 0 Å². The molecule has 0 aliphatic rings. The van der Waals surface area contributed by atoms with Gasteiger partial charge in [-0.25, -0.2) is 0 Å². The molecule has 0 aliphatic carbocycles. The molecule has 0 rings (SSSR count). The first-order chi connectivity index (χ1) is 2.00. The first-order valence-corrected chi connectivity index (χ1v) is 1.000. The largest absolute Gasteiger partial charge is 3.00 e. The summed E-state index contributed by atoms with van der Waals surface area (Å²) in [7, 11) is 0. The van der Waals surface area contributed by atoms with Crippen molar-refractivity contribution in [2.24, 2.45) is 0 Å². The van der Waals surface area contributed by atoms with E-state index in [4.69, 9.17) is 0 Å². The zero-order chi connectivity index (χ0) is 4.00. The molecule has 0 saturated heterocycles. The Labute approximate surface area is 80.8 Å². The van der Waals surface area contributed by atoms with Gasteiger partial charge >= 0.3 is 17.4 Å². The Balaban J connectivity index is -0.00000000167. The van der Waals surface area contributed by atoms with Crippen molar-refractivity contribution in [3.8, 4) is 0 Å². The van der Waals surface area contributed by atoms with Gasteiger partial charge in [0.25, 0.3) is 0 Å². The molecule has 4 heteroatoms. The van der Waals surface area contributed by atoms with Crippen molar-refractivity contribution in [3.05, 3.63) is 26.3 Å². The second kappa shape index (κ2) is 479. The Kier molecular flexibility index (Phi) is 3980. The summed E-state index contributed by atoms with van der Waals surface area (Å²) in [6.07, 6.45) is 0. The molecule has 0 radical (unpaired) electrons. The fourth-order valence-corrected chi connectivity index (χ4v) is 0. The van der Waals surface area contributed by atoms with Crippen molar-refractivity contribution in [1.82, 2.24) is 0 Å². The molecule has 0 aromatic carbocycles. The number of rotatable bonds is 0.